The van der Waals surface area contributed by atoms with Crippen LogP contribution in [0.5, 0.6) is 0 Å². The lowest BCUT2D eigenvalue weighted by atomic mass is 10.1. The third-order valence-corrected chi connectivity index (χ3v) is 9.02. The first-order valence-corrected chi connectivity index (χ1v) is 20.2. The fourth-order valence-electron chi connectivity index (χ4n) is 6.08. The van der Waals surface area contributed by atoms with Crippen LogP contribution >= 0.6 is 0 Å². The Hall–Kier alpha value is -1.62. The van der Waals surface area contributed by atoms with Crippen LogP contribution in [0.2, 0.25) is 0 Å². The first kappa shape index (κ1) is 45.4. The van der Waals surface area contributed by atoms with Gasteiger partial charge in [-0.25, -0.2) is 0 Å². The van der Waals surface area contributed by atoms with Gasteiger partial charge in [-0.3, -0.25) is 14.1 Å². The van der Waals surface area contributed by atoms with Crippen LogP contribution in [-0.4, -0.2) is 49.9 Å². The highest BCUT2D eigenvalue weighted by molar-refractivity contribution is 5.70. The fraction of sp³-hybridized carbons (Fsp3) is 0.857. The Morgan fingerprint density at radius 3 is 1.11 bits per heavy atom. The van der Waals surface area contributed by atoms with Crippen LogP contribution in [0, 0.1) is 0 Å². The summed E-state index contributed by atoms with van der Waals surface area (Å²) in [6.07, 6.45) is 41.3. The Morgan fingerprint density at radius 2 is 0.766 bits per heavy atom. The Labute approximate surface area is 293 Å². The first-order chi connectivity index (χ1) is 22.7. The van der Waals surface area contributed by atoms with Gasteiger partial charge in [0.15, 0.2) is 6.10 Å². The van der Waals surface area contributed by atoms with Crippen LogP contribution in [0.3, 0.4) is 0 Å². The summed E-state index contributed by atoms with van der Waals surface area (Å²) in [6, 6.07) is 0. The number of carbonyl (C=O) groups is 2. The van der Waals surface area contributed by atoms with E-state index in [-0.39, 0.29) is 11.9 Å². The number of rotatable bonds is 34. The van der Waals surface area contributed by atoms with Crippen molar-refractivity contribution in [1.29, 1.82) is 0 Å². The number of ether oxygens (including phenoxy) is 2. The van der Waals surface area contributed by atoms with Gasteiger partial charge in [-0.15, -0.1) is 0 Å². The summed E-state index contributed by atoms with van der Waals surface area (Å²) in [6.45, 7) is 6.38. The number of esters is 2. The molecule has 276 valence electrons. The molecule has 0 bridgehead atoms. The van der Waals surface area contributed by atoms with Crippen LogP contribution in [0.1, 0.15) is 201 Å². The molecule has 0 aromatic carbocycles. The molecule has 0 aliphatic heterocycles. The number of unbranched alkanes of at least 4 members (excludes halogenated alkanes) is 22. The smallest absolute Gasteiger partial charge is 0.310 e. The standard InChI is InChI=1S/C42H80NO4/c1-7-9-11-13-15-17-19-21-23-25-27-29-31-33-35-37-40(44)46-39(3)42(43(4,5)6)47-41(45)38-36-34-32-30-28-26-24-22-20-18-16-14-12-10-8-2/h21-24,39,42H,7-20,25-38H2,1-6H3/q+1/b23-21-,24-22-/t39-,42+/m1/s1. The van der Waals surface area contributed by atoms with Crippen molar-refractivity contribution >= 4 is 11.9 Å². The molecule has 0 unspecified atom stereocenters. The van der Waals surface area contributed by atoms with E-state index in [9.17, 15) is 9.59 Å². The van der Waals surface area contributed by atoms with Crippen molar-refractivity contribution in [2.24, 2.45) is 0 Å². The molecule has 0 spiro atoms. The minimum absolute atomic E-state index is 0.193. The van der Waals surface area contributed by atoms with Crippen molar-refractivity contribution in [3.8, 4) is 0 Å². The molecule has 5 nitrogen and oxygen atoms in total. The molecule has 0 aromatic rings. The number of allylic oxidation sites excluding steroid dienone is 4. The number of likely N-dealkylation sites (N-methyl/N-ethyl adjacent to an activating group) is 1. The number of carbonyl (C=O) groups excluding carboxylic acids is 2. The molecule has 0 aliphatic rings. The number of nitrogens with zero attached hydrogens (tertiary/aromatic N) is 1. The molecule has 0 heterocycles. The van der Waals surface area contributed by atoms with E-state index in [4.69, 9.17) is 9.47 Å². The van der Waals surface area contributed by atoms with Gasteiger partial charge < -0.3 is 9.47 Å². The summed E-state index contributed by atoms with van der Waals surface area (Å²) in [4.78, 5) is 25.2. The normalized spacial score (nSPS) is 13.4. The molecular formula is C42H80NO4+. The van der Waals surface area contributed by atoms with Gasteiger partial charge in [0.1, 0.15) is 0 Å². The van der Waals surface area contributed by atoms with Crippen LogP contribution in [0.4, 0.5) is 0 Å². The predicted molar refractivity (Wildman–Crippen MR) is 202 cm³/mol. The van der Waals surface area contributed by atoms with Crippen molar-refractivity contribution < 1.29 is 23.5 Å². The monoisotopic (exact) mass is 663 g/mol. The molecule has 0 saturated carbocycles. The Bertz CT molecular complexity index is 769. The van der Waals surface area contributed by atoms with Gasteiger partial charge in [0.25, 0.3) is 6.23 Å². The quantitative estimate of drug-likeness (QED) is 0.0226. The maximum absolute atomic E-state index is 12.7. The summed E-state index contributed by atoms with van der Waals surface area (Å²) in [5.41, 5.74) is 0. The van der Waals surface area contributed by atoms with Crippen molar-refractivity contribution in [1.82, 2.24) is 0 Å². The zero-order valence-electron chi connectivity index (χ0n) is 32.3. The average molecular weight is 663 g/mol. The number of hydrogen-bond acceptors (Lipinski definition) is 4. The van der Waals surface area contributed by atoms with E-state index < -0.39 is 12.3 Å². The molecule has 0 radical (unpaired) electrons. The maximum Gasteiger partial charge on any atom is 0.310 e. The molecular weight excluding hydrogens is 582 g/mol. The second-order valence-electron chi connectivity index (χ2n) is 14.9. The minimum atomic E-state index is -0.510. The third kappa shape index (κ3) is 31.4. The minimum Gasteiger partial charge on any atom is -0.452 e. The van der Waals surface area contributed by atoms with E-state index in [1.807, 2.05) is 28.1 Å². The summed E-state index contributed by atoms with van der Waals surface area (Å²) in [5, 5.41) is 0. The van der Waals surface area contributed by atoms with Gasteiger partial charge in [-0.2, -0.15) is 0 Å². The summed E-state index contributed by atoms with van der Waals surface area (Å²) >= 11 is 0. The van der Waals surface area contributed by atoms with E-state index in [0.29, 0.717) is 17.3 Å². The molecule has 0 saturated heterocycles. The van der Waals surface area contributed by atoms with Crippen LogP contribution in [0.15, 0.2) is 24.3 Å². The molecule has 0 rings (SSSR count). The van der Waals surface area contributed by atoms with E-state index in [1.165, 1.54) is 116 Å². The zero-order valence-corrected chi connectivity index (χ0v) is 32.3. The molecule has 0 fully saturated rings. The van der Waals surface area contributed by atoms with E-state index >= 15 is 0 Å². The van der Waals surface area contributed by atoms with Crippen LogP contribution in [0.25, 0.3) is 0 Å². The molecule has 0 aliphatic carbocycles. The first-order valence-electron chi connectivity index (χ1n) is 20.2. The SMILES string of the molecule is CCCCCCCC/C=C\CCCCCCCC(=O)O[C@H](C)[C@H](OC(=O)CCCCCCC/C=C\CCCCCCCC)[N+](C)(C)C. The Balaban J connectivity index is 3.95. The summed E-state index contributed by atoms with van der Waals surface area (Å²) < 4.78 is 12.0. The number of hydrogen-bond donors (Lipinski definition) is 0. The largest absolute Gasteiger partial charge is 0.452 e. The van der Waals surface area contributed by atoms with Gasteiger partial charge >= 0.3 is 11.9 Å². The topological polar surface area (TPSA) is 52.6 Å². The third-order valence-electron chi connectivity index (χ3n) is 9.02. The van der Waals surface area contributed by atoms with Crippen molar-refractivity contribution in [2.75, 3.05) is 21.1 Å². The zero-order chi connectivity index (χ0) is 34.9. The van der Waals surface area contributed by atoms with Crippen LogP contribution in [-0.2, 0) is 19.1 Å². The molecule has 2 atom stereocenters. The molecule has 5 heteroatoms. The Morgan fingerprint density at radius 1 is 0.468 bits per heavy atom. The summed E-state index contributed by atoms with van der Waals surface area (Å²) in [7, 11) is 5.94. The maximum atomic E-state index is 12.7. The lowest BCUT2D eigenvalue weighted by Crippen LogP contribution is -2.54. The van der Waals surface area contributed by atoms with E-state index in [1.54, 1.807) is 0 Å². The molecule has 0 N–H and O–H groups in total. The second-order valence-corrected chi connectivity index (χ2v) is 14.9. The van der Waals surface area contributed by atoms with E-state index in [0.717, 1.165) is 51.4 Å². The lowest BCUT2D eigenvalue weighted by molar-refractivity contribution is -0.920. The average Bonchev–Trinajstić information content (AvgIpc) is 3.03. The van der Waals surface area contributed by atoms with Gasteiger partial charge in [-0.05, 0) is 71.1 Å². The van der Waals surface area contributed by atoms with E-state index in [2.05, 4.69) is 38.2 Å². The molecule has 47 heavy (non-hydrogen) atoms. The van der Waals surface area contributed by atoms with Gasteiger partial charge in [0.05, 0.1) is 21.1 Å². The van der Waals surface area contributed by atoms with Gasteiger partial charge in [0.2, 0.25) is 0 Å². The predicted octanol–water partition coefficient (Wildman–Crippen LogP) is 12.6. The fourth-order valence-corrected chi connectivity index (χ4v) is 6.08. The highest BCUT2D eigenvalue weighted by Gasteiger charge is 2.36. The second kappa shape index (κ2) is 32.9. The van der Waals surface area contributed by atoms with Crippen molar-refractivity contribution in [3.63, 3.8) is 0 Å². The molecule has 0 amide bonds. The van der Waals surface area contributed by atoms with Crippen molar-refractivity contribution in [2.45, 2.75) is 213 Å². The Kier molecular flexibility index (Phi) is 31.8. The highest BCUT2D eigenvalue weighted by Crippen LogP contribution is 2.18. The summed E-state index contributed by atoms with van der Waals surface area (Å²) in [5.74, 6) is -0.386. The van der Waals surface area contributed by atoms with Gasteiger partial charge in [-0.1, -0.05) is 141 Å². The highest BCUT2D eigenvalue weighted by atomic mass is 16.6. The lowest BCUT2D eigenvalue weighted by Gasteiger charge is -2.36. The van der Waals surface area contributed by atoms with Gasteiger partial charge in [0, 0.05) is 12.8 Å². The molecule has 0 aromatic heterocycles. The van der Waals surface area contributed by atoms with Crippen LogP contribution < -0.4 is 0 Å². The van der Waals surface area contributed by atoms with Crippen molar-refractivity contribution in [3.05, 3.63) is 24.3 Å². The number of quaternary nitrogens is 1.